The Kier molecular flexibility index (Phi) is 6.86. The molecule has 3 aromatic rings. The average molecular weight is 403 g/mol. The Morgan fingerprint density at radius 2 is 1.47 bits per heavy atom. The lowest BCUT2D eigenvalue weighted by atomic mass is 9.94. The van der Waals surface area contributed by atoms with E-state index in [-0.39, 0.29) is 17.7 Å². The van der Waals surface area contributed by atoms with E-state index in [0.717, 1.165) is 16.7 Å². The number of benzene rings is 3. The molecule has 30 heavy (non-hydrogen) atoms. The summed E-state index contributed by atoms with van der Waals surface area (Å²) in [5.74, 6) is -1.68. The molecular formula is C25H25NO4. The van der Waals surface area contributed by atoms with E-state index in [4.69, 9.17) is 0 Å². The molecular weight excluding hydrogens is 378 g/mol. The summed E-state index contributed by atoms with van der Waals surface area (Å²) in [6, 6.07) is 23.8. The van der Waals surface area contributed by atoms with E-state index in [2.05, 4.69) is 5.32 Å². The van der Waals surface area contributed by atoms with Crippen LogP contribution in [0.15, 0.2) is 78.9 Å². The van der Waals surface area contributed by atoms with Gasteiger partial charge in [-0.05, 0) is 53.8 Å². The highest BCUT2D eigenvalue weighted by atomic mass is 16.4. The number of carboxylic acid groups (broad SMARTS) is 1. The monoisotopic (exact) mass is 403 g/mol. The first-order valence-electron chi connectivity index (χ1n) is 9.89. The molecule has 0 saturated heterocycles. The zero-order valence-corrected chi connectivity index (χ0v) is 16.8. The third-order valence-electron chi connectivity index (χ3n) is 5.07. The molecule has 154 valence electrons. The van der Waals surface area contributed by atoms with Crippen molar-refractivity contribution >= 4 is 11.9 Å². The van der Waals surface area contributed by atoms with Gasteiger partial charge in [0.05, 0.1) is 5.92 Å². The van der Waals surface area contributed by atoms with Crippen molar-refractivity contribution < 1.29 is 19.8 Å². The van der Waals surface area contributed by atoms with E-state index in [1.54, 1.807) is 6.92 Å². The van der Waals surface area contributed by atoms with Gasteiger partial charge in [-0.2, -0.15) is 0 Å². The first-order chi connectivity index (χ1) is 14.4. The molecule has 3 aromatic carbocycles. The van der Waals surface area contributed by atoms with Crippen molar-refractivity contribution in [1.82, 2.24) is 5.32 Å². The SMILES string of the molecule is C[C@H](C[C@@H](Cc1ccc(-c2ccccc2)cc1)NC(=O)c1ccc(O)cc1)C(=O)O. The van der Waals surface area contributed by atoms with Gasteiger partial charge in [-0.1, -0.05) is 61.5 Å². The van der Waals surface area contributed by atoms with Crippen LogP contribution < -0.4 is 5.32 Å². The fourth-order valence-electron chi connectivity index (χ4n) is 3.35. The van der Waals surface area contributed by atoms with E-state index < -0.39 is 11.9 Å². The first kappa shape index (κ1) is 21.1. The summed E-state index contributed by atoms with van der Waals surface area (Å²) in [6.45, 7) is 1.64. The molecule has 0 saturated carbocycles. The highest BCUT2D eigenvalue weighted by Crippen LogP contribution is 2.21. The molecule has 0 aromatic heterocycles. The number of phenols is 1. The Bertz CT molecular complexity index is 982. The van der Waals surface area contributed by atoms with Crippen LogP contribution in [-0.2, 0) is 11.2 Å². The van der Waals surface area contributed by atoms with E-state index >= 15 is 0 Å². The largest absolute Gasteiger partial charge is 0.508 e. The summed E-state index contributed by atoms with van der Waals surface area (Å²) >= 11 is 0. The second-order valence-corrected chi connectivity index (χ2v) is 7.46. The fourth-order valence-corrected chi connectivity index (χ4v) is 3.35. The number of carbonyl (C=O) groups excluding carboxylic acids is 1. The number of aromatic hydroxyl groups is 1. The molecule has 2 atom stereocenters. The summed E-state index contributed by atoms with van der Waals surface area (Å²) in [7, 11) is 0. The fraction of sp³-hybridized carbons (Fsp3) is 0.200. The van der Waals surface area contributed by atoms with Crippen LogP contribution in [0.2, 0.25) is 0 Å². The third-order valence-corrected chi connectivity index (χ3v) is 5.07. The second kappa shape index (κ2) is 9.74. The van der Waals surface area contributed by atoms with E-state index in [0.29, 0.717) is 18.4 Å². The van der Waals surface area contributed by atoms with Gasteiger partial charge in [-0.3, -0.25) is 9.59 Å². The summed E-state index contributed by atoms with van der Waals surface area (Å²) in [5.41, 5.74) is 3.66. The highest BCUT2D eigenvalue weighted by Gasteiger charge is 2.21. The molecule has 0 heterocycles. The van der Waals surface area contributed by atoms with Crippen LogP contribution in [0, 0.1) is 5.92 Å². The molecule has 0 unspecified atom stereocenters. The van der Waals surface area contributed by atoms with E-state index in [1.165, 1.54) is 24.3 Å². The van der Waals surface area contributed by atoms with Crippen LogP contribution in [0.1, 0.15) is 29.3 Å². The third kappa shape index (κ3) is 5.70. The van der Waals surface area contributed by atoms with Gasteiger partial charge in [0.15, 0.2) is 0 Å². The van der Waals surface area contributed by atoms with E-state index in [1.807, 2.05) is 54.6 Å². The van der Waals surface area contributed by atoms with Crippen LogP contribution in [0.25, 0.3) is 11.1 Å². The standard InChI is InChI=1S/C25H25NO4/c1-17(25(29)30)15-22(26-24(28)21-11-13-23(27)14-12-21)16-18-7-9-20(10-8-18)19-5-3-2-4-6-19/h2-14,17,22,27H,15-16H2,1H3,(H,26,28)(H,29,30)/t17-,22+/m1/s1. The Labute approximate surface area is 176 Å². The lowest BCUT2D eigenvalue weighted by Crippen LogP contribution is -2.38. The minimum Gasteiger partial charge on any atom is -0.508 e. The molecule has 0 aliphatic rings. The summed E-state index contributed by atoms with van der Waals surface area (Å²) in [5, 5.41) is 21.7. The van der Waals surface area contributed by atoms with Gasteiger partial charge in [0, 0.05) is 11.6 Å². The van der Waals surface area contributed by atoms with Gasteiger partial charge in [0.2, 0.25) is 0 Å². The molecule has 0 aliphatic carbocycles. The van der Waals surface area contributed by atoms with Gasteiger partial charge in [-0.15, -0.1) is 0 Å². The number of carboxylic acids is 1. The maximum atomic E-state index is 12.6. The average Bonchev–Trinajstić information content (AvgIpc) is 2.75. The van der Waals surface area contributed by atoms with Gasteiger partial charge in [0.25, 0.3) is 5.91 Å². The lowest BCUT2D eigenvalue weighted by Gasteiger charge is -2.21. The van der Waals surface area contributed by atoms with Crippen molar-refractivity contribution in [3.05, 3.63) is 90.0 Å². The number of hydrogen-bond acceptors (Lipinski definition) is 3. The molecule has 5 nitrogen and oxygen atoms in total. The van der Waals surface area contributed by atoms with Crippen LogP contribution in [0.5, 0.6) is 5.75 Å². The topological polar surface area (TPSA) is 86.6 Å². The summed E-state index contributed by atoms with van der Waals surface area (Å²) in [4.78, 5) is 23.9. The number of aliphatic carboxylic acids is 1. The maximum Gasteiger partial charge on any atom is 0.306 e. The van der Waals surface area contributed by atoms with Gasteiger partial charge < -0.3 is 15.5 Å². The normalized spacial score (nSPS) is 12.7. The van der Waals surface area contributed by atoms with Crippen LogP contribution in [0.3, 0.4) is 0 Å². The highest BCUT2D eigenvalue weighted by molar-refractivity contribution is 5.94. The number of phenolic OH excluding ortho intramolecular Hbond substituents is 1. The minimum atomic E-state index is -0.890. The predicted octanol–water partition coefficient (Wildman–Crippen LogP) is 4.51. The minimum absolute atomic E-state index is 0.0844. The van der Waals surface area contributed by atoms with Crippen LogP contribution in [0.4, 0.5) is 0 Å². The first-order valence-corrected chi connectivity index (χ1v) is 9.89. The molecule has 0 spiro atoms. The molecule has 0 fully saturated rings. The number of amides is 1. The molecule has 3 rings (SSSR count). The van der Waals surface area contributed by atoms with Crippen molar-refractivity contribution in [2.24, 2.45) is 5.92 Å². The van der Waals surface area contributed by atoms with Gasteiger partial charge >= 0.3 is 5.97 Å². The number of nitrogens with one attached hydrogen (secondary N) is 1. The molecule has 0 bridgehead atoms. The number of hydrogen-bond donors (Lipinski definition) is 3. The van der Waals surface area contributed by atoms with E-state index in [9.17, 15) is 19.8 Å². The molecule has 1 amide bonds. The summed E-state index contributed by atoms with van der Waals surface area (Å²) < 4.78 is 0. The van der Waals surface area contributed by atoms with Crippen molar-refractivity contribution in [3.8, 4) is 16.9 Å². The van der Waals surface area contributed by atoms with Crippen LogP contribution >= 0.6 is 0 Å². The smallest absolute Gasteiger partial charge is 0.306 e. The number of rotatable bonds is 8. The van der Waals surface area contributed by atoms with Crippen molar-refractivity contribution in [1.29, 1.82) is 0 Å². The molecule has 3 N–H and O–H groups in total. The second-order valence-electron chi connectivity index (χ2n) is 7.46. The van der Waals surface area contributed by atoms with Crippen LogP contribution in [-0.4, -0.2) is 28.1 Å². The van der Waals surface area contributed by atoms with Crippen molar-refractivity contribution in [3.63, 3.8) is 0 Å². The quantitative estimate of drug-likeness (QED) is 0.516. The number of carbonyl (C=O) groups is 2. The summed E-state index contributed by atoms with van der Waals surface area (Å²) in [6.07, 6.45) is 0.843. The zero-order chi connectivity index (χ0) is 21.5. The predicted molar refractivity (Wildman–Crippen MR) is 116 cm³/mol. The Balaban J connectivity index is 1.74. The Hall–Kier alpha value is -3.60. The van der Waals surface area contributed by atoms with Gasteiger partial charge in [0.1, 0.15) is 5.75 Å². The molecule has 0 aliphatic heterocycles. The van der Waals surface area contributed by atoms with Crippen molar-refractivity contribution in [2.75, 3.05) is 0 Å². The lowest BCUT2D eigenvalue weighted by molar-refractivity contribution is -0.141. The Morgan fingerprint density at radius 1 is 0.867 bits per heavy atom. The van der Waals surface area contributed by atoms with Crippen molar-refractivity contribution in [2.45, 2.75) is 25.8 Å². The van der Waals surface area contributed by atoms with Gasteiger partial charge in [-0.25, -0.2) is 0 Å². The zero-order valence-electron chi connectivity index (χ0n) is 16.8. The maximum absolute atomic E-state index is 12.6. The molecule has 5 heteroatoms. The Morgan fingerprint density at radius 3 is 2.07 bits per heavy atom. The molecule has 0 radical (unpaired) electrons.